The van der Waals surface area contributed by atoms with Crippen LogP contribution in [0.15, 0.2) is 49.9 Å². The van der Waals surface area contributed by atoms with Gasteiger partial charge in [-0.2, -0.15) is 0 Å². The van der Waals surface area contributed by atoms with E-state index in [4.69, 9.17) is 0 Å². The van der Waals surface area contributed by atoms with E-state index in [0.29, 0.717) is 25.8 Å². The third-order valence-corrected chi connectivity index (χ3v) is 4.48. The Hall–Kier alpha value is -1.33. The first-order valence-electron chi connectivity index (χ1n) is 5.88. The summed E-state index contributed by atoms with van der Waals surface area (Å²) in [4.78, 5) is 27.8. The maximum absolute atomic E-state index is 12.1. The number of ketones is 1. The number of carbonyl (C=O) groups is 2. The van der Waals surface area contributed by atoms with Gasteiger partial charge >= 0.3 is 0 Å². The fourth-order valence-corrected chi connectivity index (χ4v) is 2.91. The number of amides is 1. The highest BCUT2D eigenvalue weighted by molar-refractivity contribution is 9.13. The van der Waals surface area contributed by atoms with Crippen LogP contribution in [-0.4, -0.2) is 17.4 Å². The van der Waals surface area contributed by atoms with Crippen molar-refractivity contribution >= 4 is 49.3 Å². The van der Waals surface area contributed by atoms with Gasteiger partial charge in [-0.05, 0) is 57.8 Å². The number of aliphatic imine (C=N–C) groups is 1. The molecule has 0 saturated heterocycles. The molecule has 102 valence electrons. The third kappa shape index (κ3) is 3.04. The first-order valence-corrected chi connectivity index (χ1v) is 7.47. The van der Waals surface area contributed by atoms with Crippen LogP contribution in [0.3, 0.4) is 0 Å². The maximum atomic E-state index is 12.1. The van der Waals surface area contributed by atoms with Gasteiger partial charge in [0.15, 0.2) is 5.78 Å². The normalized spacial score (nSPS) is 17.5. The van der Waals surface area contributed by atoms with Crippen molar-refractivity contribution in [1.82, 2.24) is 0 Å². The fraction of sp³-hybridized carbons (Fsp3) is 0.133. The van der Waals surface area contributed by atoms with Crippen molar-refractivity contribution in [3.05, 3.63) is 56.0 Å². The van der Waals surface area contributed by atoms with Gasteiger partial charge in [-0.1, -0.05) is 17.7 Å². The van der Waals surface area contributed by atoms with Crippen LogP contribution in [0, 0.1) is 6.92 Å². The van der Waals surface area contributed by atoms with E-state index in [1.165, 1.54) is 6.08 Å². The minimum Gasteiger partial charge on any atom is -0.290 e. The van der Waals surface area contributed by atoms with E-state index in [1.54, 1.807) is 19.1 Å². The SMILES string of the molecule is CC1=C(Br)C(=NC(=O)c2ccc(C)cc2)C(Br)=CC1=O. The third-order valence-electron chi connectivity index (χ3n) is 2.90. The molecular weight excluding hydrogens is 386 g/mol. The second-order valence-electron chi connectivity index (χ2n) is 4.43. The quantitative estimate of drug-likeness (QED) is 0.670. The summed E-state index contributed by atoms with van der Waals surface area (Å²) in [5, 5.41) is 0. The monoisotopic (exact) mass is 395 g/mol. The van der Waals surface area contributed by atoms with Crippen molar-refractivity contribution < 1.29 is 9.59 Å². The number of halogens is 2. The van der Waals surface area contributed by atoms with Crippen LogP contribution >= 0.6 is 31.9 Å². The zero-order chi connectivity index (χ0) is 14.9. The Balaban J connectivity index is 2.40. The summed E-state index contributed by atoms with van der Waals surface area (Å²) in [6.07, 6.45) is 1.42. The molecule has 2 rings (SSSR count). The molecule has 0 atom stereocenters. The molecule has 0 N–H and O–H groups in total. The average Bonchev–Trinajstić information content (AvgIpc) is 2.42. The summed E-state index contributed by atoms with van der Waals surface area (Å²) in [6.45, 7) is 3.64. The van der Waals surface area contributed by atoms with E-state index in [-0.39, 0.29) is 11.7 Å². The minimum atomic E-state index is -0.343. The van der Waals surface area contributed by atoms with Gasteiger partial charge in [0, 0.05) is 21.7 Å². The molecule has 0 aromatic heterocycles. The first-order chi connectivity index (χ1) is 9.40. The Morgan fingerprint density at radius 3 is 2.30 bits per heavy atom. The molecule has 1 aliphatic carbocycles. The zero-order valence-electron chi connectivity index (χ0n) is 10.9. The molecule has 0 fully saturated rings. The van der Waals surface area contributed by atoms with Gasteiger partial charge in [0.1, 0.15) is 0 Å². The van der Waals surface area contributed by atoms with Gasteiger partial charge < -0.3 is 0 Å². The van der Waals surface area contributed by atoms with Crippen LogP contribution < -0.4 is 0 Å². The first kappa shape index (κ1) is 15.1. The predicted molar refractivity (Wildman–Crippen MR) is 86.6 cm³/mol. The maximum Gasteiger partial charge on any atom is 0.277 e. The van der Waals surface area contributed by atoms with Gasteiger partial charge in [-0.15, -0.1) is 0 Å². The molecule has 0 unspecified atom stereocenters. The van der Waals surface area contributed by atoms with Crippen LogP contribution in [0.5, 0.6) is 0 Å². The number of carbonyl (C=O) groups excluding carboxylic acids is 2. The molecule has 0 aliphatic heterocycles. The Bertz CT molecular complexity index is 682. The molecule has 3 nitrogen and oxygen atoms in total. The van der Waals surface area contributed by atoms with Crippen LogP contribution in [0.25, 0.3) is 0 Å². The number of allylic oxidation sites excluding steroid dienone is 4. The molecule has 5 heteroatoms. The standard InChI is InChI=1S/C15H11Br2NO2/c1-8-3-5-10(6-4-8)15(20)18-14-11(16)7-12(19)9(2)13(14)17/h3-7H,1-2H3. The van der Waals surface area contributed by atoms with E-state index in [9.17, 15) is 9.59 Å². The number of nitrogens with zero attached hydrogens (tertiary/aromatic N) is 1. The van der Waals surface area contributed by atoms with E-state index in [0.717, 1.165) is 5.56 Å². The summed E-state index contributed by atoms with van der Waals surface area (Å²) in [5.41, 5.74) is 2.56. The second-order valence-corrected chi connectivity index (χ2v) is 6.07. The van der Waals surface area contributed by atoms with Crippen molar-refractivity contribution in [3.63, 3.8) is 0 Å². The zero-order valence-corrected chi connectivity index (χ0v) is 14.1. The highest BCUT2D eigenvalue weighted by Crippen LogP contribution is 2.28. The van der Waals surface area contributed by atoms with Crippen molar-refractivity contribution in [2.75, 3.05) is 0 Å². The molecule has 0 bridgehead atoms. The predicted octanol–water partition coefficient (Wildman–Crippen LogP) is 4.11. The van der Waals surface area contributed by atoms with Crippen molar-refractivity contribution in [1.29, 1.82) is 0 Å². The van der Waals surface area contributed by atoms with Crippen LogP contribution in [0.1, 0.15) is 22.8 Å². The lowest BCUT2D eigenvalue weighted by Crippen LogP contribution is -2.14. The van der Waals surface area contributed by atoms with Gasteiger partial charge in [0.2, 0.25) is 0 Å². The van der Waals surface area contributed by atoms with Crippen molar-refractivity contribution in [2.45, 2.75) is 13.8 Å². The molecule has 0 heterocycles. The van der Waals surface area contributed by atoms with E-state index >= 15 is 0 Å². The molecule has 1 amide bonds. The van der Waals surface area contributed by atoms with Gasteiger partial charge in [0.25, 0.3) is 5.91 Å². The number of hydrogen-bond acceptors (Lipinski definition) is 2. The molecule has 1 aromatic carbocycles. The van der Waals surface area contributed by atoms with E-state index in [1.807, 2.05) is 19.1 Å². The topological polar surface area (TPSA) is 46.5 Å². The molecule has 0 saturated carbocycles. The van der Waals surface area contributed by atoms with E-state index in [2.05, 4.69) is 36.9 Å². The highest BCUT2D eigenvalue weighted by atomic mass is 79.9. The summed E-state index contributed by atoms with van der Waals surface area (Å²) >= 11 is 6.59. The Labute approximate surface area is 133 Å². The Kier molecular flexibility index (Phi) is 4.50. The van der Waals surface area contributed by atoms with Gasteiger partial charge in [-0.25, -0.2) is 4.99 Å². The number of hydrogen-bond donors (Lipinski definition) is 0. The van der Waals surface area contributed by atoms with Gasteiger partial charge in [0.05, 0.1) is 10.2 Å². The minimum absolute atomic E-state index is 0.106. The summed E-state index contributed by atoms with van der Waals surface area (Å²) in [5.74, 6) is -0.449. The molecular formula is C15H11Br2NO2. The van der Waals surface area contributed by atoms with E-state index < -0.39 is 0 Å². The number of rotatable bonds is 1. The largest absolute Gasteiger partial charge is 0.290 e. The Morgan fingerprint density at radius 1 is 1.10 bits per heavy atom. The molecule has 20 heavy (non-hydrogen) atoms. The lowest BCUT2D eigenvalue weighted by molar-refractivity contribution is -0.111. The smallest absolute Gasteiger partial charge is 0.277 e. The fourth-order valence-electron chi connectivity index (χ4n) is 1.65. The van der Waals surface area contributed by atoms with Crippen molar-refractivity contribution in [2.24, 2.45) is 4.99 Å². The summed E-state index contributed by atoms with van der Waals surface area (Å²) < 4.78 is 1.04. The van der Waals surface area contributed by atoms with Crippen LogP contribution in [0.4, 0.5) is 0 Å². The summed E-state index contributed by atoms with van der Waals surface area (Å²) in [6, 6.07) is 7.19. The second kappa shape index (κ2) is 5.97. The van der Waals surface area contributed by atoms with Gasteiger partial charge in [-0.3, -0.25) is 9.59 Å². The number of benzene rings is 1. The summed E-state index contributed by atoms with van der Waals surface area (Å²) in [7, 11) is 0. The Morgan fingerprint density at radius 2 is 1.70 bits per heavy atom. The van der Waals surface area contributed by atoms with Crippen LogP contribution in [-0.2, 0) is 4.79 Å². The lowest BCUT2D eigenvalue weighted by atomic mass is 10.0. The van der Waals surface area contributed by atoms with Crippen molar-refractivity contribution in [3.8, 4) is 0 Å². The average molecular weight is 397 g/mol. The molecule has 0 radical (unpaired) electrons. The van der Waals surface area contributed by atoms with Crippen LogP contribution in [0.2, 0.25) is 0 Å². The number of aryl methyl sites for hydroxylation is 1. The molecule has 1 aromatic rings. The molecule has 1 aliphatic rings. The lowest BCUT2D eigenvalue weighted by Gasteiger charge is -2.12. The highest BCUT2D eigenvalue weighted by Gasteiger charge is 2.22. The molecule has 0 spiro atoms.